The second-order valence-corrected chi connectivity index (χ2v) is 5.33. The zero-order valence-electron chi connectivity index (χ0n) is 11.4. The van der Waals surface area contributed by atoms with Gasteiger partial charge in [0.1, 0.15) is 11.4 Å². The van der Waals surface area contributed by atoms with Gasteiger partial charge in [0.05, 0.1) is 17.1 Å². The molecule has 2 N–H and O–H groups in total. The van der Waals surface area contributed by atoms with E-state index in [1.165, 1.54) is 12.1 Å². The van der Waals surface area contributed by atoms with Crippen LogP contribution in [0.2, 0.25) is 5.02 Å². The van der Waals surface area contributed by atoms with Crippen LogP contribution < -0.4 is 5.32 Å². The fourth-order valence-corrected chi connectivity index (χ4v) is 2.20. The highest BCUT2D eigenvalue weighted by Gasteiger charge is 2.25. The Balaban J connectivity index is 2.11. The standard InChI is InChI=1S/C16H15ClFNO2/c1-16(21,11-6-3-2-4-7-11)10-19-15(20)14-12(17)8-5-9-13(14)18/h2-9,21H,10H2,1H3,(H,19,20)/t16-/m1/s1. The molecule has 2 rings (SSSR count). The normalized spacial score (nSPS) is 13.5. The lowest BCUT2D eigenvalue weighted by atomic mass is 9.96. The predicted octanol–water partition coefficient (Wildman–Crippen LogP) is 3.12. The number of hydrogen-bond acceptors (Lipinski definition) is 2. The van der Waals surface area contributed by atoms with E-state index < -0.39 is 17.3 Å². The molecule has 0 aliphatic rings. The van der Waals surface area contributed by atoms with E-state index in [0.717, 1.165) is 6.07 Å². The van der Waals surface area contributed by atoms with Crippen molar-refractivity contribution >= 4 is 17.5 Å². The first-order valence-corrected chi connectivity index (χ1v) is 6.80. The SMILES string of the molecule is C[C@@](O)(CNC(=O)c1c(F)cccc1Cl)c1ccccc1. The maximum Gasteiger partial charge on any atom is 0.255 e. The van der Waals surface area contributed by atoms with Crippen molar-refractivity contribution in [2.45, 2.75) is 12.5 Å². The Morgan fingerprint density at radius 1 is 1.24 bits per heavy atom. The molecule has 0 aliphatic carbocycles. The van der Waals surface area contributed by atoms with Crippen molar-refractivity contribution < 1.29 is 14.3 Å². The molecule has 0 saturated carbocycles. The molecule has 3 nitrogen and oxygen atoms in total. The molecule has 110 valence electrons. The second kappa shape index (κ2) is 6.24. The van der Waals surface area contributed by atoms with Crippen LogP contribution in [0.25, 0.3) is 0 Å². The number of aliphatic hydroxyl groups is 1. The maximum absolute atomic E-state index is 13.6. The highest BCUT2D eigenvalue weighted by molar-refractivity contribution is 6.33. The Morgan fingerprint density at radius 3 is 2.52 bits per heavy atom. The van der Waals surface area contributed by atoms with Gasteiger partial charge in [0.15, 0.2) is 0 Å². The largest absolute Gasteiger partial charge is 0.384 e. The molecule has 1 atom stereocenters. The molecule has 0 aliphatic heterocycles. The molecule has 5 heteroatoms. The number of nitrogens with one attached hydrogen (secondary N) is 1. The van der Waals surface area contributed by atoms with E-state index in [1.54, 1.807) is 31.2 Å². The van der Waals surface area contributed by atoms with Crippen molar-refractivity contribution in [1.29, 1.82) is 0 Å². The van der Waals surface area contributed by atoms with E-state index in [1.807, 2.05) is 6.07 Å². The van der Waals surface area contributed by atoms with E-state index in [9.17, 15) is 14.3 Å². The van der Waals surface area contributed by atoms with Gasteiger partial charge in [-0.1, -0.05) is 48.0 Å². The van der Waals surface area contributed by atoms with E-state index in [-0.39, 0.29) is 17.1 Å². The summed E-state index contributed by atoms with van der Waals surface area (Å²) in [6, 6.07) is 12.9. The topological polar surface area (TPSA) is 49.3 Å². The van der Waals surface area contributed by atoms with Crippen LogP contribution in [0.15, 0.2) is 48.5 Å². The van der Waals surface area contributed by atoms with E-state index in [0.29, 0.717) is 5.56 Å². The number of carbonyl (C=O) groups is 1. The van der Waals surface area contributed by atoms with Crippen LogP contribution in [-0.2, 0) is 5.60 Å². The number of hydrogen-bond donors (Lipinski definition) is 2. The summed E-state index contributed by atoms with van der Waals surface area (Å²) in [5.41, 5.74) is -0.817. The van der Waals surface area contributed by atoms with Crippen molar-refractivity contribution in [3.8, 4) is 0 Å². The molecule has 21 heavy (non-hydrogen) atoms. The van der Waals surface area contributed by atoms with Crippen molar-refractivity contribution in [2.24, 2.45) is 0 Å². The van der Waals surface area contributed by atoms with Crippen LogP contribution in [0.1, 0.15) is 22.8 Å². The average Bonchev–Trinajstić information content (AvgIpc) is 2.46. The summed E-state index contributed by atoms with van der Waals surface area (Å²) < 4.78 is 13.6. The van der Waals surface area contributed by atoms with Gasteiger partial charge in [-0.2, -0.15) is 0 Å². The van der Waals surface area contributed by atoms with Gasteiger partial charge < -0.3 is 10.4 Å². The number of rotatable bonds is 4. The number of halogens is 2. The van der Waals surface area contributed by atoms with Gasteiger partial charge in [-0.05, 0) is 24.6 Å². The van der Waals surface area contributed by atoms with Crippen LogP contribution in [0.3, 0.4) is 0 Å². The summed E-state index contributed by atoms with van der Waals surface area (Å²) in [6.07, 6.45) is 0. The lowest BCUT2D eigenvalue weighted by Crippen LogP contribution is -2.39. The third-order valence-corrected chi connectivity index (χ3v) is 3.49. The van der Waals surface area contributed by atoms with Gasteiger partial charge in [-0.25, -0.2) is 4.39 Å². The molecule has 0 spiro atoms. The number of benzene rings is 2. The molecule has 0 radical (unpaired) electrons. The van der Waals surface area contributed by atoms with Crippen LogP contribution >= 0.6 is 11.6 Å². The monoisotopic (exact) mass is 307 g/mol. The summed E-state index contributed by atoms with van der Waals surface area (Å²) in [7, 11) is 0. The minimum absolute atomic E-state index is 0.0341. The van der Waals surface area contributed by atoms with Crippen molar-refractivity contribution in [3.63, 3.8) is 0 Å². The first-order chi connectivity index (χ1) is 9.92. The summed E-state index contributed by atoms with van der Waals surface area (Å²) in [6.45, 7) is 1.52. The minimum Gasteiger partial charge on any atom is -0.384 e. The van der Waals surface area contributed by atoms with Crippen molar-refractivity contribution in [1.82, 2.24) is 5.32 Å². The van der Waals surface area contributed by atoms with Gasteiger partial charge in [-0.15, -0.1) is 0 Å². The smallest absolute Gasteiger partial charge is 0.255 e. The van der Waals surface area contributed by atoms with Crippen LogP contribution in [0, 0.1) is 5.82 Å². The highest BCUT2D eigenvalue weighted by atomic mass is 35.5. The number of amides is 1. The molecule has 0 bridgehead atoms. The maximum atomic E-state index is 13.6. The molecule has 2 aromatic rings. The van der Waals surface area contributed by atoms with Gasteiger partial charge in [0.2, 0.25) is 0 Å². The molecule has 2 aromatic carbocycles. The van der Waals surface area contributed by atoms with Gasteiger partial charge >= 0.3 is 0 Å². The van der Waals surface area contributed by atoms with Crippen molar-refractivity contribution in [3.05, 3.63) is 70.5 Å². The summed E-state index contributed by atoms with van der Waals surface area (Å²) in [5.74, 6) is -1.35. The fraction of sp³-hybridized carbons (Fsp3) is 0.188. The fourth-order valence-electron chi connectivity index (χ4n) is 1.95. The second-order valence-electron chi connectivity index (χ2n) is 4.92. The van der Waals surface area contributed by atoms with Gasteiger partial charge in [0.25, 0.3) is 5.91 Å². The molecule has 0 unspecified atom stereocenters. The molecule has 0 aromatic heterocycles. The molecule has 0 fully saturated rings. The van der Waals surface area contributed by atoms with Gasteiger partial charge in [0, 0.05) is 0 Å². The predicted molar refractivity (Wildman–Crippen MR) is 79.8 cm³/mol. The first kappa shape index (κ1) is 15.5. The lowest BCUT2D eigenvalue weighted by Gasteiger charge is -2.24. The Kier molecular flexibility index (Phi) is 4.60. The quantitative estimate of drug-likeness (QED) is 0.912. The third-order valence-electron chi connectivity index (χ3n) is 3.18. The Hall–Kier alpha value is -1.91. The van der Waals surface area contributed by atoms with E-state index in [4.69, 9.17) is 11.6 Å². The van der Waals surface area contributed by atoms with Crippen LogP contribution in [-0.4, -0.2) is 17.6 Å². The van der Waals surface area contributed by atoms with E-state index in [2.05, 4.69) is 5.32 Å². The highest BCUT2D eigenvalue weighted by Crippen LogP contribution is 2.21. The Bertz CT molecular complexity index is 624. The van der Waals surface area contributed by atoms with Crippen molar-refractivity contribution in [2.75, 3.05) is 6.54 Å². The molecular formula is C16H15ClFNO2. The summed E-state index contributed by atoms with van der Waals surface area (Å²) in [5, 5.41) is 12.9. The first-order valence-electron chi connectivity index (χ1n) is 6.42. The van der Waals surface area contributed by atoms with Crippen LogP contribution in [0.4, 0.5) is 4.39 Å². The Morgan fingerprint density at radius 2 is 1.90 bits per heavy atom. The average molecular weight is 308 g/mol. The lowest BCUT2D eigenvalue weighted by molar-refractivity contribution is 0.0525. The van der Waals surface area contributed by atoms with E-state index >= 15 is 0 Å². The zero-order chi connectivity index (χ0) is 15.5. The summed E-state index contributed by atoms with van der Waals surface area (Å²) >= 11 is 5.83. The third kappa shape index (κ3) is 3.60. The molecular weight excluding hydrogens is 293 g/mol. The van der Waals surface area contributed by atoms with Gasteiger partial charge in [-0.3, -0.25) is 4.79 Å². The van der Waals surface area contributed by atoms with Crippen LogP contribution in [0.5, 0.6) is 0 Å². The number of carbonyl (C=O) groups excluding carboxylic acids is 1. The molecule has 0 heterocycles. The summed E-state index contributed by atoms with van der Waals surface area (Å²) in [4.78, 5) is 12.0. The zero-order valence-corrected chi connectivity index (χ0v) is 12.2. The molecule has 1 amide bonds. The minimum atomic E-state index is -1.26. The Labute approximate surface area is 127 Å². The molecule has 0 saturated heterocycles.